The molecule has 0 amide bonds. The predicted molar refractivity (Wildman–Crippen MR) is 552 cm³/mol. The van der Waals surface area contributed by atoms with Crippen LogP contribution < -0.4 is 33.8 Å². The number of aryl methyl sites for hydroxylation is 3. The van der Waals surface area contributed by atoms with Crippen molar-refractivity contribution >= 4 is 137 Å². The zero-order valence-corrected chi connectivity index (χ0v) is 83.0. The van der Waals surface area contributed by atoms with Gasteiger partial charge in [-0.05, 0) is 281 Å². The summed E-state index contributed by atoms with van der Waals surface area (Å²) in [5.74, 6) is 2.24. The number of rotatable bonds is 44. The van der Waals surface area contributed by atoms with Crippen molar-refractivity contribution in [1.82, 2.24) is 0 Å². The molecule has 0 saturated heterocycles. The van der Waals surface area contributed by atoms with Gasteiger partial charge < -0.3 is 43.3 Å². The van der Waals surface area contributed by atoms with Gasteiger partial charge in [-0.15, -0.1) is 15.3 Å². The van der Waals surface area contributed by atoms with Crippen LogP contribution in [0.4, 0.5) is 125 Å². The number of ether oxygens (including phenoxy) is 5. The number of likely N-dealkylation sites (N-methyl/N-ethyl adjacent to an activating group) is 2. The number of carbonyl (C=O) groups is 2. The van der Waals surface area contributed by atoms with E-state index in [0.29, 0.717) is 123 Å². The first kappa shape index (κ1) is 110. The Kier molecular flexibility index (Phi) is 43.3. The van der Waals surface area contributed by atoms with Gasteiger partial charge in [-0.1, -0.05) is 41.2 Å². The normalized spacial score (nSPS) is 11.4. The third-order valence-electron chi connectivity index (χ3n) is 22.0. The minimum Gasteiger partial charge on any atom is -0.494 e. The Balaban J connectivity index is 0.000000233. The Bertz CT molecular complexity index is 6200. The monoisotopic (exact) mass is 1920 g/mol. The topological polar surface area (TPSA) is 439 Å². The van der Waals surface area contributed by atoms with Crippen LogP contribution in [0.25, 0.3) is 0 Å². The minimum atomic E-state index is -0.482. The highest BCUT2D eigenvalue weighted by Crippen LogP contribution is 2.42. The molecule has 11 rings (SSSR count). The lowest BCUT2D eigenvalue weighted by Gasteiger charge is -2.25. The summed E-state index contributed by atoms with van der Waals surface area (Å²) in [7, 11) is 4.63. The van der Waals surface area contributed by atoms with Crippen LogP contribution in [-0.4, -0.2) is 119 Å². The van der Waals surface area contributed by atoms with Gasteiger partial charge in [0.2, 0.25) is 0 Å². The van der Waals surface area contributed by atoms with Crippen molar-refractivity contribution in [3.63, 3.8) is 0 Å². The number of azo groups is 7. The number of hydrogen-bond acceptors (Lipinski definition) is 33. The summed E-state index contributed by atoms with van der Waals surface area (Å²) < 4.78 is 27.2. The number of nitrogens with zero attached hydrogens (tertiary/aromatic N) is 22. The minimum absolute atomic E-state index is 0.00460. The maximum absolute atomic E-state index is 12.2. The summed E-state index contributed by atoms with van der Waals surface area (Å²) in [6.07, 6.45) is 3.04. The van der Waals surface area contributed by atoms with E-state index in [0.717, 1.165) is 98.0 Å². The summed E-state index contributed by atoms with van der Waals surface area (Å²) in [5, 5.41) is 103. The van der Waals surface area contributed by atoms with Gasteiger partial charge >= 0.3 is 11.9 Å². The highest BCUT2D eigenvalue weighted by molar-refractivity contribution is 5.87. The average molecular weight is 1920 g/mol. The number of non-ortho nitro benzene ring substituents is 4. The van der Waals surface area contributed by atoms with Gasteiger partial charge in [-0.2, -0.15) is 56.3 Å². The largest absolute Gasteiger partial charge is 0.494 e. The maximum atomic E-state index is 12.2. The van der Waals surface area contributed by atoms with Crippen molar-refractivity contribution in [1.29, 1.82) is 0 Å². The predicted octanol–water partition coefficient (Wildman–Crippen LogP) is 30.7. The lowest BCUT2D eigenvalue weighted by molar-refractivity contribution is -0.385. The van der Waals surface area contributed by atoms with Crippen molar-refractivity contribution in [2.75, 3.05) is 107 Å². The van der Waals surface area contributed by atoms with E-state index in [4.69, 9.17) is 23.7 Å². The molecule has 0 saturated carbocycles. The molecule has 738 valence electrons. The molecule has 0 spiro atoms. The quantitative estimate of drug-likeness (QED) is 0.0112. The van der Waals surface area contributed by atoms with Crippen LogP contribution in [0.2, 0.25) is 0 Å². The van der Waals surface area contributed by atoms with Crippen LogP contribution in [0.5, 0.6) is 17.2 Å². The zero-order chi connectivity index (χ0) is 103. The summed E-state index contributed by atoms with van der Waals surface area (Å²) >= 11 is 0. The molecule has 0 fully saturated rings. The number of hydrogen-bond donors (Lipinski definition) is 0. The van der Waals surface area contributed by atoms with Crippen LogP contribution in [0, 0.1) is 78.5 Å². The average Bonchev–Trinajstić information content (AvgIpc) is 0.830. The Morgan fingerprint density at radius 1 is 0.333 bits per heavy atom. The number of carbonyl (C=O) groups excluding carboxylic acids is 2. The lowest BCUT2D eigenvalue weighted by atomic mass is 9.91. The number of methoxy groups -OCH3 is 3. The smallest absolute Gasteiger partial charge is 0.333 e. The molecule has 0 aliphatic heterocycles. The molecule has 0 N–H and O–H groups in total. The second-order valence-electron chi connectivity index (χ2n) is 33.5. The van der Waals surface area contributed by atoms with E-state index < -0.39 is 31.1 Å². The number of anilines is 4. The van der Waals surface area contributed by atoms with E-state index in [1.54, 1.807) is 68.6 Å². The highest BCUT2D eigenvalue weighted by Gasteiger charge is 2.27. The fourth-order valence-corrected chi connectivity index (χ4v) is 13.0. The van der Waals surface area contributed by atoms with E-state index in [1.807, 2.05) is 139 Å². The van der Waals surface area contributed by atoms with Crippen molar-refractivity contribution in [2.24, 2.45) is 88.9 Å². The first-order valence-corrected chi connectivity index (χ1v) is 45.9. The van der Waals surface area contributed by atoms with Crippen molar-refractivity contribution in [3.8, 4) is 17.2 Å². The number of esters is 2. The molecule has 0 aliphatic rings. The van der Waals surface area contributed by atoms with Gasteiger partial charge in [-0.25, -0.2) is 4.79 Å². The highest BCUT2D eigenvalue weighted by atomic mass is 16.6. The van der Waals surface area contributed by atoms with E-state index >= 15 is 0 Å². The SMILES string of the molecule is C=C(C)C(=O)OCCN(CC)c1ccc(N=Nc2cc(C)c(N=Nc3ccc([N+](=O)[O-])cc3)cc2OC)cc1.CCN(CCC(C)C)c1ccc(N=Nc2cc(C)c(N=Nc3ccc([N+](=O)[O-])cc3)cc2OC)cc1.CCN(CCC(C)C)c1ccc(N=Nc2ccc([N+](=O)[O-])cc2)cc1.CCN(CCOC(=O)C(C)(C)CC)c1ccc(N=Nc2cc(C)c(N=Nc3ccc([N+](=O)[O-])cc3)cc2OC)cc1. The summed E-state index contributed by atoms with van der Waals surface area (Å²) in [6.45, 7) is 41.2. The molecular formula is C104H122N22O15. The van der Waals surface area contributed by atoms with Gasteiger partial charge in [0.1, 0.15) is 47.5 Å². The van der Waals surface area contributed by atoms with E-state index in [2.05, 4.69) is 158 Å². The van der Waals surface area contributed by atoms with Crippen molar-refractivity contribution < 1.29 is 53.0 Å². The molecule has 11 aromatic rings. The van der Waals surface area contributed by atoms with Crippen LogP contribution >= 0.6 is 0 Å². The second-order valence-corrected chi connectivity index (χ2v) is 33.5. The molecule has 0 bridgehead atoms. The third-order valence-corrected chi connectivity index (χ3v) is 22.0. The Hall–Kier alpha value is -16.5. The summed E-state index contributed by atoms with van der Waals surface area (Å²) in [5.41, 5.74) is 15.0. The molecule has 141 heavy (non-hydrogen) atoms. The molecular weight excluding hydrogens is 1800 g/mol. The molecule has 0 aliphatic carbocycles. The van der Waals surface area contributed by atoms with Crippen LogP contribution in [0.15, 0.2) is 314 Å². The molecule has 11 aromatic carbocycles. The van der Waals surface area contributed by atoms with Gasteiger partial charge in [0, 0.05) is 134 Å². The Labute approximate surface area is 821 Å². The molecule has 0 heterocycles. The Morgan fingerprint density at radius 2 is 0.546 bits per heavy atom. The maximum Gasteiger partial charge on any atom is 0.333 e. The number of nitro benzene ring substituents is 4. The molecule has 37 nitrogen and oxygen atoms in total. The molecule has 0 radical (unpaired) electrons. The van der Waals surface area contributed by atoms with Gasteiger partial charge in [0.25, 0.3) is 22.7 Å². The van der Waals surface area contributed by atoms with E-state index in [9.17, 15) is 50.0 Å². The Morgan fingerprint density at radius 3 is 0.752 bits per heavy atom. The second kappa shape index (κ2) is 55.6. The third kappa shape index (κ3) is 35.2. The zero-order valence-electron chi connectivity index (χ0n) is 83.0. The summed E-state index contributed by atoms with van der Waals surface area (Å²) in [6, 6.07) is 65.4. The van der Waals surface area contributed by atoms with Crippen molar-refractivity contribution in [2.45, 2.75) is 123 Å². The van der Waals surface area contributed by atoms with Crippen LogP contribution in [-0.2, 0) is 19.1 Å². The number of benzene rings is 11. The van der Waals surface area contributed by atoms with Gasteiger partial charge in [-0.3, -0.25) is 45.3 Å². The van der Waals surface area contributed by atoms with Gasteiger partial charge in [0.15, 0.2) is 0 Å². The standard InChI is InChI=1S/C30H36N6O5.C28H30N6O5.C27H32N6O3.C19H24N4O2/c1-7-30(4,5)29(37)41-18-17-35(8-2)24-13-9-22(10-14-24)32-34-27-19-21(3)26(20-28(27)40-6)33-31-23-11-15-25(16-12-23)36(38)39;1-6-33(15-16-39-28(35)19(2)3)23-11-7-21(8-12-23)30-32-26-17-20(4)25(18-27(26)38-5)31-29-22-9-13-24(14-10-22)34(36)37;1-6-32(16-15-19(2)3)23-11-7-21(8-12-23)29-31-26-17-20(4)25(18-27(26)36-5)30-28-22-9-13-24(14-10-22)33(34)35;1-4-22(14-13-15(2)3)18-9-5-16(6-10-18)20-21-17-7-11-19(12-8-17)23(24)25/h9-16,19-20H,7-8,17-18H2,1-6H3;7-14,17-18H,2,6,15-16H2,1,3-5H3;7-14,17-19H,6,15-16H2,1-5H3;5-12,15H,4,13-14H2,1-3H3. The molecule has 37 heteroatoms. The summed E-state index contributed by atoms with van der Waals surface area (Å²) in [4.78, 5) is 74.0. The van der Waals surface area contributed by atoms with Gasteiger partial charge in [0.05, 0.1) is 122 Å². The molecule has 0 atom stereocenters. The first-order chi connectivity index (χ1) is 67.6. The van der Waals surface area contributed by atoms with Crippen LogP contribution in [0.3, 0.4) is 0 Å². The lowest BCUT2D eigenvalue weighted by Crippen LogP contribution is -2.31. The fraction of sp³-hybridized carbons (Fsp3) is 0.327. The fourth-order valence-electron chi connectivity index (χ4n) is 13.0. The van der Waals surface area contributed by atoms with E-state index in [1.165, 1.54) is 98.4 Å². The van der Waals surface area contributed by atoms with E-state index in [-0.39, 0.29) is 35.3 Å². The molecule has 0 aromatic heterocycles. The molecule has 0 unspecified atom stereocenters. The first-order valence-electron chi connectivity index (χ1n) is 45.9. The number of nitro groups is 4. The van der Waals surface area contributed by atoms with Crippen LogP contribution in [0.1, 0.15) is 119 Å². The van der Waals surface area contributed by atoms with Crippen molar-refractivity contribution in [3.05, 3.63) is 300 Å².